The number of ether oxygens (including phenoxy) is 1. The monoisotopic (exact) mass is 364 g/mol. The van der Waals surface area contributed by atoms with Gasteiger partial charge in [-0.2, -0.15) is 0 Å². The quantitative estimate of drug-likeness (QED) is 0.499. The van der Waals surface area contributed by atoms with E-state index < -0.39 is 11.6 Å². The number of aliphatic hydroxyl groups is 1. The van der Waals surface area contributed by atoms with E-state index in [1.807, 2.05) is 6.07 Å². The van der Waals surface area contributed by atoms with E-state index in [0.29, 0.717) is 40.0 Å². The molecule has 0 radical (unpaired) electrons. The highest BCUT2D eigenvalue weighted by atomic mass is 16.6. The van der Waals surface area contributed by atoms with Gasteiger partial charge in [0.25, 0.3) is 5.56 Å². The van der Waals surface area contributed by atoms with Crippen molar-refractivity contribution >= 4 is 16.9 Å². The predicted octanol–water partition coefficient (Wildman–Crippen LogP) is 1.79. The van der Waals surface area contributed by atoms with Crippen LogP contribution in [0.15, 0.2) is 35.1 Å². The number of phenols is 1. The molecule has 4 heterocycles. The number of rotatable bonds is 1. The van der Waals surface area contributed by atoms with Crippen LogP contribution in [0, 0.1) is 0 Å². The molecule has 0 bridgehead atoms. The third-order valence-corrected chi connectivity index (χ3v) is 5.53. The van der Waals surface area contributed by atoms with Crippen LogP contribution in [0.4, 0.5) is 0 Å². The van der Waals surface area contributed by atoms with Crippen LogP contribution in [-0.4, -0.2) is 25.7 Å². The molecule has 0 unspecified atom stereocenters. The molecule has 2 aliphatic rings. The van der Waals surface area contributed by atoms with E-state index in [2.05, 4.69) is 4.98 Å². The highest BCUT2D eigenvalue weighted by Gasteiger charge is 2.45. The Bertz CT molecular complexity index is 1210. The number of phenolic OH excluding ortho intramolecular Hbond substituents is 1. The molecule has 5 rings (SSSR count). The van der Waals surface area contributed by atoms with E-state index in [1.165, 1.54) is 0 Å². The molecular weight excluding hydrogens is 348 g/mol. The summed E-state index contributed by atoms with van der Waals surface area (Å²) >= 11 is 0. The summed E-state index contributed by atoms with van der Waals surface area (Å²) in [7, 11) is 0. The minimum Gasteiger partial charge on any atom is -0.507 e. The lowest BCUT2D eigenvalue weighted by atomic mass is 9.86. The third kappa shape index (κ3) is 1.97. The molecule has 0 spiro atoms. The summed E-state index contributed by atoms with van der Waals surface area (Å²) in [5.74, 6) is -0.610. The van der Waals surface area contributed by atoms with E-state index >= 15 is 0 Å². The topological polar surface area (TPSA) is 102 Å². The summed E-state index contributed by atoms with van der Waals surface area (Å²) in [5, 5.41) is 21.5. The minimum absolute atomic E-state index is 0.105. The Balaban J connectivity index is 1.81. The largest absolute Gasteiger partial charge is 0.507 e. The molecule has 1 aromatic carbocycles. The van der Waals surface area contributed by atoms with Crippen LogP contribution < -0.4 is 5.56 Å². The second-order valence-electron chi connectivity index (χ2n) is 6.94. The molecule has 2 aromatic heterocycles. The molecule has 0 aliphatic carbocycles. The number of carbonyl (C=O) groups is 1. The van der Waals surface area contributed by atoms with Gasteiger partial charge in [-0.05, 0) is 30.7 Å². The average Bonchev–Trinajstić information content (AvgIpc) is 3.02. The summed E-state index contributed by atoms with van der Waals surface area (Å²) in [6.45, 7) is 1.83. The summed E-state index contributed by atoms with van der Waals surface area (Å²) in [6.07, 6.45) is 0.105. The van der Waals surface area contributed by atoms with Crippen LogP contribution in [0.2, 0.25) is 0 Å². The predicted molar refractivity (Wildman–Crippen MR) is 96.2 cm³/mol. The maximum atomic E-state index is 13.0. The molecule has 2 N–H and O–H groups in total. The fraction of sp³-hybridized carbons (Fsp3) is 0.250. The van der Waals surface area contributed by atoms with Crippen molar-refractivity contribution in [3.8, 4) is 17.1 Å². The van der Waals surface area contributed by atoms with Crippen LogP contribution in [-0.2, 0) is 28.3 Å². The number of cyclic esters (lactones) is 1. The number of fused-ring (bicyclic) bond motifs is 5. The Morgan fingerprint density at radius 3 is 2.89 bits per heavy atom. The standard InChI is InChI=1S/C20H16N2O5/c1-2-20(26)13-7-15-17-10(6-11-14(21-17)4-3-5-16(11)23)8-22(15)18(24)12(13)9-27-19(20)25/h3-7,23,26H,2,8-9H2,1H3/t20-/m1/s1. The fourth-order valence-corrected chi connectivity index (χ4v) is 3.99. The number of hydrogen-bond acceptors (Lipinski definition) is 6. The van der Waals surface area contributed by atoms with Crippen molar-refractivity contribution in [1.82, 2.24) is 9.55 Å². The minimum atomic E-state index is -1.83. The fourth-order valence-electron chi connectivity index (χ4n) is 3.99. The van der Waals surface area contributed by atoms with Crippen molar-refractivity contribution in [2.75, 3.05) is 0 Å². The van der Waals surface area contributed by atoms with Gasteiger partial charge < -0.3 is 19.5 Å². The molecule has 0 saturated carbocycles. The Morgan fingerprint density at radius 1 is 1.30 bits per heavy atom. The zero-order valence-electron chi connectivity index (χ0n) is 14.5. The van der Waals surface area contributed by atoms with Crippen molar-refractivity contribution < 1.29 is 19.7 Å². The van der Waals surface area contributed by atoms with Gasteiger partial charge in [0.15, 0.2) is 5.60 Å². The number of carbonyl (C=O) groups excluding carboxylic acids is 1. The van der Waals surface area contributed by atoms with E-state index in [-0.39, 0.29) is 24.3 Å². The van der Waals surface area contributed by atoms with E-state index in [1.54, 1.807) is 35.8 Å². The summed E-state index contributed by atoms with van der Waals surface area (Å²) in [6, 6.07) is 8.58. The lowest BCUT2D eigenvalue weighted by Crippen LogP contribution is -2.44. The Kier molecular flexibility index (Phi) is 3.07. The lowest BCUT2D eigenvalue weighted by molar-refractivity contribution is -0.172. The highest BCUT2D eigenvalue weighted by Crippen LogP contribution is 2.39. The van der Waals surface area contributed by atoms with Crippen LogP contribution in [0.3, 0.4) is 0 Å². The molecule has 1 atom stereocenters. The SMILES string of the molecule is CC[C@]1(O)C(=O)OCc2c1cc1n(c2=O)Cc2cc3c(O)cccc3nc2-1. The van der Waals surface area contributed by atoms with Crippen molar-refractivity contribution in [3.63, 3.8) is 0 Å². The number of aromatic nitrogens is 2. The van der Waals surface area contributed by atoms with Crippen molar-refractivity contribution in [2.45, 2.75) is 32.1 Å². The number of aromatic hydroxyl groups is 1. The van der Waals surface area contributed by atoms with Gasteiger partial charge in [-0.25, -0.2) is 9.78 Å². The van der Waals surface area contributed by atoms with Gasteiger partial charge >= 0.3 is 5.97 Å². The summed E-state index contributed by atoms with van der Waals surface area (Å²) in [5.41, 5.74) is 1.04. The summed E-state index contributed by atoms with van der Waals surface area (Å²) in [4.78, 5) is 29.8. The Morgan fingerprint density at radius 2 is 2.11 bits per heavy atom. The van der Waals surface area contributed by atoms with Gasteiger partial charge in [-0.15, -0.1) is 0 Å². The molecule has 0 amide bonds. The van der Waals surface area contributed by atoms with E-state index in [0.717, 1.165) is 5.56 Å². The molecule has 3 aromatic rings. The number of pyridine rings is 2. The molecule has 136 valence electrons. The normalized spacial score (nSPS) is 20.1. The molecule has 7 nitrogen and oxygen atoms in total. The molecule has 0 fully saturated rings. The molecule has 2 aliphatic heterocycles. The third-order valence-electron chi connectivity index (χ3n) is 5.53. The lowest BCUT2D eigenvalue weighted by Gasteiger charge is -2.31. The molecule has 0 saturated heterocycles. The first-order valence-corrected chi connectivity index (χ1v) is 8.73. The number of nitrogens with zero attached hydrogens (tertiary/aromatic N) is 2. The zero-order valence-corrected chi connectivity index (χ0v) is 14.5. The van der Waals surface area contributed by atoms with E-state index in [9.17, 15) is 19.8 Å². The van der Waals surface area contributed by atoms with Gasteiger partial charge in [0, 0.05) is 16.5 Å². The van der Waals surface area contributed by atoms with Crippen LogP contribution in [0.1, 0.15) is 30.0 Å². The first kappa shape index (κ1) is 16.0. The van der Waals surface area contributed by atoms with Crippen molar-refractivity contribution in [3.05, 3.63) is 57.4 Å². The molecule has 27 heavy (non-hydrogen) atoms. The number of benzene rings is 1. The van der Waals surface area contributed by atoms with Gasteiger partial charge in [0.1, 0.15) is 12.4 Å². The number of hydrogen-bond donors (Lipinski definition) is 2. The second-order valence-corrected chi connectivity index (χ2v) is 6.94. The molecular formula is C20H16N2O5. The van der Waals surface area contributed by atoms with Crippen LogP contribution in [0.25, 0.3) is 22.3 Å². The van der Waals surface area contributed by atoms with Gasteiger partial charge in [-0.3, -0.25) is 4.79 Å². The second kappa shape index (κ2) is 5.17. The van der Waals surface area contributed by atoms with Gasteiger partial charge in [0.05, 0.1) is 29.0 Å². The van der Waals surface area contributed by atoms with Gasteiger partial charge in [0.2, 0.25) is 0 Å². The van der Waals surface area contributed by atoms with Crippen LogP contribution in [0.5, 0.6) is 5.75 Å². The molecule has 7 heteroatoms. The van der Waals surface area contributed by atoms with Crippen molar-refractivity contribution in [1.29, 1.82) is 0 Å². The summed E-state index contributed by atoms with van der Waals surface area (Å²) < 4.78 is 6.63. The smallest absolute Gasteiger partial charge is 0.343 e. The Labute approximate surface area is 153 Å². The van der Waals surface area contributed by atoms with Crippen molar-refractivity contribution in [2.24, 2.45) is 0 Å². The maximum Gasteiger partial charge on any atom is 0.343 e. The number of esters is 1. The maximum absolute atomic E-state index is 13.0. The van der Waals surface area contributed by atoms with Crippen LogP contribution >= 0.6 is 0 Å². The van der Waals surface area contributed by atoms with Gasteiger partial charge in [-0.1, -0.05) is 13.0 Å². The van der Waals surface area contributed by atoms with E-state index in [4.69, 9.17) is 4.74 Å². The first-order chi connectivity index (χ1) is 12.9. The zero-order chi connectivity index (χ0) is 18.9. The highest BCUT2D eigenvalue weighted by molar-refractivity contribution is 5.89. The Hall–Kier alpha value is -3.19. The first-order valence-electron chi connectivity index (χ1n) is 8.73. The average molecular weight is 364 g/mol.